The third kappa shape index (κ3) is 5.55. The molecule has 0 spiro atoms. The van der Waals surface area contributed by atoms with E-state index in [2.05, 4.69) is 15.6 Å². The smallest absolute Gasteiger partial charge is 0.253 e. The zero-order valence-corrected chi connectivity index (χ0v) is 16.8. The van der Waals surface area contributed by atoms with E-state index in [0.717, 1.165) is 18.4 Å². The molecule has 1 aliphatic heterocycles. The Labute approximate surface area is 178 Å². The summed E-state index contributed by atoms with van der Waals surface area (Å²) in [7, 11) is 0. The van der Waals surface area contributed by atoms with Crippen LogP contribution in [0.1, 0.15) is 25.2 Å². The Hall–Kier alpha value is -3.52. The van der Waals surface area contributed by atoms with Gasteiger partial charge in [0, 0.05) is 36.4 Å². The van der Waals surface area contributed by atoms with Crippen molar-refractivity contribution in [1.29, 1.82) is 0 Å². The SMILES string of the molecule is O=C(CCc1ncc(-c2ccc(F)cc2)o1)Nc1ccc(NC(=O)[C@H]2CCCO2)cc1. The van der Waals surface area contributed by atoms with E-state index < -0.39 is 6.10 Å². The normalized spacial score (nSPS) is 15.6. The van der Waals surface area contributed by atoms with Crippen LogP contribution in [-0.4, -0.2) is 29.5 Å². The van der Waals surface area contributed by atoms with Gasteiger partial charge in [-0.3, -0.25) is 9.59 Å². The molecule has 0 saturated carbocycles. The second-order valence-electron chi connectivity index (χ2n) is 7.24. The van der Waals surface area contributed by atoms with Gasteiger partial charge in [-0.05, 0) is 61.4 Å². The Bertz CT molecular complexity index is 1040. The van der Waals surface area contributed by atoms with Gasteiger partial charge in [0.25, 0.3) is 5.91 Å². The Morgan fingerprint density at radius 2 is 1.74 bits per heavy atom. The molecular formula is C23H22FN3O4. The fourth-order valence-electron chi connectivity index (χ4n) is 3.26. The summed E-state index contributed by atoms with van der Waals surface area (Å²) in [6, 6.07) is 12.8. The quantitative estimate of drug-likeness (QED) is 0.595. The van der Waals surface area contributed by atoms with E-state index in [0.29, 0.717) is 36.1 Å². The number of nitrogens with zero attached hydrogens (tertiary/aromatic N) is 1. The molecule has 160 valence electrons. The number of aryl methyl sites for hydroxylation is 1. The molecule has 1 aliphatic rings. The molecule has 1 aromatic heterocycles. The second-order valence-corrected chi connectivity index (χ2v) is 7.24. The molecule has 0 unspecified atom stereocenters. The lowest BCUT2D eigenvalue weighted by Crippen LogP contribution is -2.26. The van der Waals surface area contributed by atoms with E-state index in [1.165, 1.54) is 12.1 Å². The van der Waals surface area contributed by atoms with Gasteiger partial charge in [0.15, 0.2) is 11.7 Å². The van der Waals surface area contributed by atoms with Gasteiger partial charge in [-0.1, -0.05) is 0 Å². The van der Waals surface area contributed by atoms with Crippen LogP contribution >= 0.6 is 0 Å². The van der Waals surface area contributed by atoms with Crippen molar-refractivity contribution in [2.45, 2.75) is 31.8 Å². The minimum Gasteiger partial charge on any atom is -0.441 e. The van der Waals surface area contributed by atoms with Gasteiger partial charge in [0.1, 0.15) is 11.9 Å². The highest BCUT2D eigenvalue weighted by atomic mass is 19.1. The van der Waals surface area contributed by atoms with Crippen molar-refractivity contribution in [3.05, 3.63) is 66.4 Å². The molecule has 2 heterocycles. The average molecular weight is 423 g/mol. The summed E-state index contributed by atoms with van der Waals surface area (Å²) < 4.78 is 24.0. The van der Waals surface area contributed by atoms with Crippen molar-refractivity contribution in [3.63, 3.8) is 0 Å². The van der Waals surface area contributed by atoms with Gasteiger partial charge in [-0.15, -0.1) is 0 Å². The summed E-state index contributed by atoms with van der Waals surface area (Å²) in [4.78, 5) is 28.5. The van der Waals surface area contributed by atoms with Crippen LogP contribution < -0.4 is 10.6 Å². The highest BCUT2D eigenvalue weighted by Crippen LogP contribution is 2.21. The Kier molecular flexibility index (Phi) is 6.37. The first-order valence-electron chi connectivity index (χ1n) is 10.1. The summed E-state index contributed by atoms with van der Waals surface area (Å²) in [5.74, 6) is 0.300. The third-order valence-corrected chi connectivity index (χ3v) is 4.91. The number of aromatic nitrogens is 1. The minimum absolute atomic E-state index is 0.153. The lowest BCUT2D eigenvalue weighted by Gasteiger charge is -2.11. The third-order valence-electron chi connectivity index (χ3n) is 4.91. The van der Waals surface area contributed by atoms with Crippen molar-refractivity contribution >= 4 is 23.2 Å². The van der Waals surface area contributed by atoms with Gasteiger partial charge in [0.05, 0.1) is 6.20 Å². The molecule has 8 heteroatoms. The van der Waals surface area contributed by atoms with E-state index >= 15 is 0 Å². The molecule has 2 N–H and O–H groups in total. The van der Waals surface area contributed by atoms with Crippen molar-refractivity contribution in [2.24, 2.45) is 0 Å². The molecule has 1 saturated heterocycles. The van der Waals surface area contributed by atoms with Crippen molar-refractivity contribution in [3.8, 4) is 11.3 Å². The summed E-state index contributed by atoms with van der Waals surface area (Å²) in [5, 5.41) is 5.62. The lowest BCUT2D eigenvalue weighted by atomic mass is 10.2. The zero-order chi connectivity index (χ0) is 21.6. The van der Waals surface area contributed by atoms with Crippen molar-refractivity contribution in [2.75, 3.05) is 17.2 Å². The molecule has 2 amide bonds. The highest BCUT2D eigenvalue weighted by Gasteiger charge is 2.23. The number of carbonyl (C=O) groups excluding carboxylic acids is 2. The Morgan fingerprint density at radius 1 is 1.03 bits per heavy atom. The highest BCUT2D eigenvalue weighted by molar-refractivity contribution is 5.95. The number of halogens is 1. The number of hydrogen-bond donors (Lipinski definition) is 2. The van der Waals surface area contributed by atoms with Gasteiger partial charge >= 0.3 is 0 Å². The monoisotopic (exact) mass is 423 g/mol. The molecular weight excluding hydrogens is 401 g/mol. The number of ether oxygens (including phenoxy) is 1. The summed E-state index contributed by atoms with van der Waals surface area (Å²) >= 11 is 0. The maximum Gasteiger partial charge on any atom is 0.253 e. The summed E-state index contributed by atoms with van der Waals surface area (Å²) in [5.41, 5.74) is 1.99. The predicted molar refractivity (Wildman–Crippen MR) is 113 cm³/mol. The van der Waals surface area contributed by atoms with E-state index in [9.17, 15) is 14.0 Å². The minimum atomic E-state index is -0.391. The standard InChI is InChI=1S/C23H22FN3O4/c24-16-5-3-15(4-6-16)20-14-25-22(31-20)12-11-21(28)26-17-7-9-18(10-8-17)27-23(29)19-2-1-13-30-19/h3-10,14,19H,1-2,11-13H2,(H,26,28)(H,27,29)/t19-/m1/s1. The largest absolute Gasteiger partial charge is 0.441 e. The Morgan fingerprint density at radius 3 is 2.42 bits per heavy atom. The summed E-state index contributed by atoms with van der Waals surface area (Å²) in [6.07, 6.45) is 3.33. The lowest BCUT2D eigenvalue weighted by molar-refractivity contribution is -0.124. The van der Waals surface area contributed by atoms with Crippen LogP contribution in [0.15, 0.2) is 59.1 Å². The van der Waals surface area contributed by atoms with E-state index in [4.69, 9.17) is 9.15 Å². The maximum atomic E-state index is 13.0. The topological polar surface area (TPSA) is 93.5 Å². The predicted octanol–water partition coefficient (Wildman–Crippen LogP) is 4.17. The van der Waals surface area contributed by atoms with Crippen molar-refractivity contribution in [1.82, 2.24) is 4.98 Å². The number of carbonyl (C=O) groups is 2. The second kappa shape index (κ2) is 9.53. The van der Waals surface area contributed by atoms with Crippen molar-refractivity contribution < 1.29 is 23.1 Å². The number of nitrogens with one attached hydrogen (secondary N) is 2. The molecule has 7 nitrogen and oxygen atoms in total. The Balaban J connectivity index is 1.25. The van der Waals surface area contributed by atoms with Gasteiger partial charge < -0.3 is 19.8 Å². The van der Waals surface area contributed by atoms with Crippen LogP contribution in [0.5, 0.6) is 0 Å². The van der Waals surface area contributed by atoms with E-state index in [1.807, 2.05) is 0 Å². The number of amides is 2. The molecule has 4 rings (SSSR count). The first-order chi connectivity index (χ1) is 15.1. The van der Waals surface area contributed by atoms with E-state index in [-0.39, 0.29) is 24.1 Å². The fourth-order valence-corrected chi connectivity index (χ4v) is 3.26. The van der Waals surface area contributed by atoms with Crippen LogP contribution in [0, 0.1) is 5.82 Å². The molecule has 0 bridgehead atoms. The maximum absolute atomic E-state index is 13.0. The number of hydrogen-bond acceptors (Lipinski definition) is 5. The molecule has 1 atom stereocenters. The summed E-state index contributed by atoms with van der Waals surface area (Å²) in [6.45, 7) is 0.615. The molecule has 0 radical (unpaired) electrons. The molecule has 3 aromatic rings. The average Bonchev–Trinajstić information content (AvgIpc) is 3.47. The molecule has 0 aliphatic carbocycles. The van der Waals surface area contributed by atoms with Crippen LogP contribution in [0.25, 0.3) is 11.3 Å². The number of oxazole rings is 1. The zero-order valence-electron chi connectivity index (χ0n) is 16.8. The first-order valence-corrected chi connectivity index (χ1v) is 10.1. The molecule has 1 fully saturated rings. The van der Waals surface area contributed by atoms with E-state index in [1.54, 1.807) is 42.6 Å². The number of anilines is 2. The first kappa shape index (κ1) is 20.7. The van der Waals surface area contributed by atoms with Gasteiger partial charge in [-0.2, -0.15) is 0 Å². The number of benzene rings is 2. The van der Waals surface area contributed by atoms with Crippen LogP contribution in [-0.2, 0) is 20.7 Å². The fraction of sp³-hybridized carbons (Fsp3) is 0.261. The van der Waals surface area contributed by atoms with Gasteiger partial charge in [-0.25, -0.2) is 9.37 Å². The number of rotatable bonds is 7. The van der Waals surface area contributed by atoms with Gasteiger partial charge in [0.2, 0.25) is 5.91 Å². The van der Waals surface area contributed by atoms with Crippen LogP contribution in [0.3, 0.4) is 0 Å². The molecule has 31 heavy (non-hydrogen) atoms. The van der Waals surface area contributed by atoms with Crippen LogP contribution in [0.2, 0.25) is 0 Å². The van der Waals surface area contributed by atoms with Crippen LogP contribution in [0.4, 0.5) is 15.8 Å². The molecule has 2 aromatic carbocycles.